The molecule has 0 aromatic heterocycles. The molecule has 1 saturated heterocycles. The molecule has 0 spiro atoms. The Morgan fingerprint density at radius 3 is 2.17 bits per heavy atom. The molecule has 0 aromatic rings. The van der Waals surface area contributed by atoms with Crippen LogP contribution < -0.4 is 5.73 Å². The van der Waals surface area contributed by atoms with E-state index < -0.39 is 17.5 Å². The first-order chi connectivity index (χ1) is 5.52. The first kappa shape index (κ1) is 8.79. The summed E-state index contributed by atoms with van der Waals surface area (Å²) in [7, 11) is 0. The number of hydrogen-bond donors (Lipinski definition) is 3. The Morgan fingerprint density at radius 2 is 1.92 bits per heavy atom. The second-order valence-electron chi connectivity index (χ2n) is 2.93. The Labute approximate surface area is 68.6 Å². The summed E-state index contributed by atoms with van der Waals surface area (Å²) in [5.41, 5.74) is 4.19. The molecular formula is C6H10N2O4. The molecule has 1 amide bonds. The van der Waals surface area contributed by atoms with Crippen LogP contribution in [0.15, 0.2) is 0 Å². The summed E-state index contributed by atoms with van der Waals surface area (Å²) in [6.45, 7) is -0.0333. The van der Waals surface area contributed by atoms with E-state index in [1.54, 1.807) is 0 Å². The van der Waals surface area contributed by atoms with Crippen LogP contribution in [-0.2, 0) is 4.79 Å². The fraction of sp³-hybridized carbons (Fsp3) is 0.667. The van der Waals surface area contributed by atoms with Gasteiger partial charge in [0.25, 0.3) is 0 Å². The highest BCUT2D eigenvalue weighted by molar-refractivity contribution is 5.80. The number of nitrogens with zero attached hydrogens (tertiary/aromatic N) is 1. The monoisotopic (exact) mass is 174 g/mol. The lowest BCUT2D eigenvalue weighted by atomic mass is 9.80. The number of carboxylic acid groups (broad SMARTS) is 2. The van der Waals surface area contributed by atoms with Crippen molar-refractivity contribution < 1.29 is 19.8 Å². The van der Waals surface area contributed by atoms with Crippen molar-refractivity contribution in [3.05, 3.63) is 0 Å². The number of carbonyl (C=O) groups is 2. The van der Waals surface area contributed by atoms with E-state index >= 15 is 0 Å². The molecule has 4 N–H and O–H groups in total. The Hall–Kier alpha value is -1.30. The van der Waals surface area contributed by atoms with Gasteiger partial charge in [0.05, 0.1) is 0 Å². The Balaban J connectivity index is 2.58. The topological polar surface area (TPSA) is 104 Å². The van der Waals surface area contributed by atoms with Crippen molar-refractivity contribution in [1.29, 1.82) is 0 Å². The van der Waals surface area contributed by atoms with Crippen LogP contribution in [-0.4, -0.2) is 46.8 Å². The minimum atomic E-state index is -1.10. The van der Waals surface area contributed by atoms with Gasteiger partial charge in [-0.15, -0.1) is 0 Å². The molecule has 0 radical (unpaired) electrons. The average molecular weight is 174 g/mol. The van der Waals surface area contributed by atoms with Crippen LogP contribution in [0.4, 0.5) is 4.79 Å². The van der Waals surface area contributed by atoms with E-state index in [1.807, 2.05) is 0 Å². The summed E-state index contributed by atoms with van der Waals surface area (Å²) in [5.74, 6) is -1.03. The molecule has 12 heavy (non-hydrogen) atoms. The molecule has 1 rings (SSSR count). The predicted molar refractivity (Wildman–Crippen MR) is 38.7 cm³/mol. The second kappa shape index (κ2) is 2.63. The summed E-state index contributed by atoms with van der Waals surface area (Å²) < 4.78 is 0. The third kappa shape index (κ3) is 1.10. The number of amides is 1. The summed E-state index contributed by atoms with van der Waals surface area (Å²) in [6, 6.07) is 0. The first-order valence-electron chi connectivity index (χ1n) is 3.43. The van der Waals surface area contributed by atoms with E-state index in [4.69, 9.17) is 15.9 Å². The quantitative estimate of drug-likeness (QED) is 0.498. The minimum absolute atomic E-state index is 0.00579. The number of aliphatic carboxylic acids is 1. The maximum Gasteiger partial charge on any atom is 0.407 e. The molecule has 6 heteroatoms. The maximum atomic E-state index is 10.6. The third-order valence-electron chi connectivity index (χ3n) is 2.10. The summed E-state index contributed by atoms with van der Waals surface area (Å²) in [6.07, 6.45) is -1.10. The highest BCUT2D eigenvalue weighted by Crippen LogP contribution is 2.29. The molecule has 0 saturated carbocycles. The van der Waals surface area contributed by atoms with Gasteiger partial charge in [-0.05, 0) is 0 Å². The lowest BCUT2D eigenvalue weighted by Gasteiger charge is -2.44. The molecule has 0 aliphatic carbocycles. The number of hydrogen-bond acceptors (Lipinski definition) is 3. The van der Waals surface area contributed by atoms with Crippen LogP contribution in [0.5, 0.6) is 0 Å². The highest BCUT2D eigenvalue weighted by atomic mass is 16.4. The van der Waals surface area contributed by atoms with Gasteiger partial charge < -0.3 is 20.8 Å². The Kier molecular flexibility index (Phi) is 1.93. The largest absolute Gasteiger partial charge is 0.481 e. The van der Waals surface area contributed by atoms with Gasteiger partial charge in [0.2, 0.25) is 0 Å². The number of carboxylic acids is 1. The maximum absolute atomic E-state index is 10.6. The molecule has 0 atom stereocenters. The average Bonchev–Trinajstić information content (AvgIpc) is 1.84. The smallest absolute Gasteiger partial charge is 0.407 e. The van der Waals surface area contributed by atoms with Crippen LogP contribution in [0.1, 0.15) is 0 Å². The van der Waals surface area contributed by atoms with Gasteiger partial charge in [-0.25, -0.2) is 4.79 Å². The molecule has 1 aliphatic heterocycles. The number of nitrogens with two attached hydrogens (primary N) is 1. The molecule has 1 heterocycles. The summed E-state index contributed by atoms with van der Waals surface area (Å²) >= 11 is 0. The first-order valence-corrected chi connectivity index (χ1v) is 3.43. The van der Waals surface area contributed by atoms with Gasteiger partial charge in [-0.1, -0.05) is 0 Å². The van der Waals surface area contributed by atoms with Crippen molar-refractivity contribution in [1.82, 2.24) is 4.90 Å². The van der Waals surface area contributed by atoms with Crippen molar-refractivity contribution in [2.45, 2.75) is 0 Å². The van der Waals surface area contributed by atoms with Crippen LogP contribution in [0.25, 0.3) is 0 Å². The van der Waals surface area contributed by atoms with Gasteiger partial charge in [-0.3, -0.25) is 4.79 Å². The van der Waals surface area contributed by atoms with Crippen molar-refractivity contribution in [2.24, 2.45) is 11.1 Å². The zero-order chi connectivity index (χ0) is 9.35. The molecule has 1 aliphatic rings. The zero-order valence-electron chi connectivity index (χ0n) is 6.36. The minimum Gasteiger partial charge on any atom is -0.481 e. The molecule has 1 fully saturated rings. The van der Waals surface area contributed by atoms with E-state index in [2.05, 4.69) is 0 Å². The molecule has 0 bridgehead atoms. The van der Waals surface area contributed by atoms with Crippen molar-refractivity contribution >= 4 is 12.1 Å². The predicted octanol–water partition coefficient (Wildman–Crippen LogP) is -0.990. The van der Waals surface area contributed by atoms with Gasteiger partial charge in [0, 0.05) is 19.6 Å². The van der Waals surface area contributed by atoms with Gasteiger partial charge in [0.15, 0.2) is 0 Å². The van der Waals surface area contributed by atoms with E-state index in [0.717, 1.165) is 4.90 Å². The van der Waals surface area contributed by atoms with Crippen molar-refractivity contribution in [2.75, 3.05) is 19.6 Å². The van der Waals surface area contributed by atoms with E-state index in [1.165, 1.54) is 0 Å². The standard InChI is InChI=1S/C6H10N2O4/c7-1-6(4(9)10)2-8(3-6)5(11)12/h1-3,7H2,(H,9,10)(H,11,12). The van der Waals surface area contributed by atoms with Crippen LogP contribution in [0, 0.1) is 5.41 Å². The van der Waals surface area contributed by atoms with Crippen LogP contribution >= 0.6 is 0 Å². The Morgan fingerprint density at radius 1 is 1.42 bits per heavy atom. The van der Waals surface area contributed by atoms with Crippen LogP contribution in [0.3, 0.4) is 0 Å². The fourth-order valence-electron chi connectivity index (χ4n) is 1.17. The zero-order valence-corrected chi connectivity index (χ0v) is 6.36. The fourth-order valence-corrected chi connectivity index (χ4v) is 1.17. The summed E-state index contributed by atoms with van der Waals surface area (Å²) in [5, 5.41) is 17.1. The molecular weight excluding hydrogens is 164 g/mol. The van der Waals surface area contributed by atoms with E-state index in [0.29, 0.717) is 0 Å². The van der Waals surface area contributed by atoms with Gasteiger partial charge in [0.1, 0.15) is 5.41 Å². The van der Waals surface area contributed by atoms with Gasteiger partial charge in [-0.2, -0.15) is 0 Å². The van der Waals surface area contributed by atoms with Crippen molar-refractivity contribution in [3.8, 4) is 0 Å². The van der Waals surface area contributed by atoms with Gasteiger partial charge >= 0.3 is 12.1 Å². The number of rotatable bonds is 2. The SMILES string of the molecule is NCC1(C(=O)O)CN(C(=O)O)C1. The molecule has 0 aromatic carbocycles. The molecule has 0 unspecified atom stereocenters. The van der Waals surface area contributed by atoms with Crippen molar-refractivity contribution in [3.63, 3.8) is 0 Å². The normalized spacial score (nSPS) is 19.9. The summed E-state index contributed by atoms with van der Waals surface area (Å²) in [4.78, 5) is 21.9. The molecule has 68 valence electrons. The van der Waals surface area contributed by atoms with Crippen LogP contribution in [0.2, 0.25) is 0 Å². The Bertz CT molecular complexity index is 222. The number of likely N-dealkylation sites (tertiary alicyclic amines) is 1. The highest BCUT2D eigenvalue weighted by Gasteiger charge is 2.50. The third-order valence-corrected chi connectivity index (χ3v) is 2.10. The second-order valence-corrected chi connectivity index (χ2v) is 2.93. The molecule has 6 nitrogen and oxygen atoms in total. The van der Waals surface area contributed by atoms with E-state index in [-0.39, 0.29) is 19.6 Å². The lowest BCUT2D eigenvalue weighted by Crippen LogP contribution is -2.64. The lowest BCUT2D eigenvalue weighted by molar-refractivity contribution is -0.157. The van der Waals surface area contributed by atoms with E-state index in [9.17, 15) is 9.59 Å².